The number of hydrogen-bond acceptors (Lipinski definition) is 5. The summed E-state index contributed by atoms with van der Waals surface area (Å²) in [6.07, 6.45) is -2.15. The number of halogens is 4. The summed E-state index contributed by atoms with van der Waals surface area (Å²) in [5.74, 6) is -1.45. The maximum absolute atomic E-state index is 13.2. The molecule has 0 bridgehead atoms. The summed E-state index contributed by atoms with van der Waals surface area (Å²) < 4.78 is 46.9. The lowest BCUT2D eigenvalue weighted by molar-refractivity contribution is -0.141. The standard InChI is InChI=1S/C17H19ClF3N5O3/c1-4-29-16(28)10-7-22-25(3)14(10)23-15(27)8(2)26-12(9-5-6-9)11(18)13(24-26)17(19,20)21/h7-9H,4-6H2,1-3H3,(H,23,27). The Morgan fingerprint density at radius 1 is 1.41 bits per heavy atom. The van der Waals surface area contributed by atoms with Crippen LogP contribution >= 0.6 is 11.6 Å². The van der Waals surface area contributed by atoms with Crippen LogP contribution in [0.5, 0.6) is 0 Å². The Kier molecular flexibility index (Phi) is 5.61. The van der Waals surface area contributed by atoms with E-state index in [9.17, 15) is 22.8 Å². The second-order valence-corrected chi connectivity index (χ2v) is 7.06. The Balaban J connectivity index is 1.91. The Hall–Kier alpha value is -2.56. The molecule has 1 saturated carbocycles. The van der Waals surface area contributed by atoms with Gasteiger partial charge in [0.05, 0.1) is 23.5 Å². The predicted octanol–water partition coefficient (Wildman–Crippen LogP) is 3.54. The Morgan fingerprint density at radius 2 is 2.07 bits per heavy atom. The molecule has 158 valence electrons. The predicted molar refractivity (Wildman–Crippen MR) is 96.7 cm³/mol. The molecule has 1 amide bonds. The molecule has 1 aliphatic rings. The summed E-state index contributed by atoms with van der Waals surface area (Å²) in [5, 5.41) is 9.55. The first-order valence-electron chi connectivity index (χ1n) is 8.91. The first kappa shape index (κ1) is 21.2. The quantitative estimate of drug-likeness (QED) is 0.703. The molecule has 0 aliphatic heterocycles. The fourth-order valence-corrected chi connectivity index (χ4v) is 3.29. The van der Waals surface area contributed by atoms with Crippen molar-refractivity contribution < 1.29 is 27.5 Å². The van der Waals surface area contributed by atoms with Gasteiger partial charge in [-0.05, 0) is 26.7 Å². The van der Waals surface area contributed by atoms with Crippen molar-refractivity contribution >= 4 is 29.3 Å². The summed E-state index contributed by atoms with van der Waals surface area (Å²) in [7, 11) is 1.51. The van der Waals surface area contributed by atoms with Gasteiger partial charge in [-0.2, -0.15) is 23.4 Å². The zero-order valence-electron chi connectivity index (χ0n) is 15.9. The number of amides is 1. The highest BCUT2D eigenvalue weighted by molar-refractivity contribution is 6.32. The van der Waals surface area contributed by atoms with Crippen LogP contribution in [-0.4, -0.2) is 38.0 Å². The van der Waals surface area contributed by atoms with Gasteiger partial charge in [0.2, 0.25) is 5.91 Å². The fourth-order valence-electron chi connectivity index (χ4n) is 2.90. The summed E-state index contributed by atoms with van der Waals surface area (Å²) in [4.78, 5) is 24.8. The largest absolute Gasteiger partial charge is 0.462 e. The summed E-state index contributed by atoms with van der Waals surface area (Å²) in [5.41, 5.74) is -0.988. The van der Waals surface area contributed by atoms with Gasteiger partial charge >= 0.3 is 12.1 Å². The number of nitrogens with one attached hydrogen (secondary N) is 1. The van der Waals surface area contributed by atoms with Crippen molar-refractivity contribution in [2.75, 3.05) is 11.9 Å². The van der Waals surface area contributed by atoms with Crippen LogP contribution in [0.25, 0.3) is 0 Å². The van der Waals surface area contributed by atoms with E-state index in [0.29, 0.717) is 12.8 Å². The number of aromatic nitrogens is 4. The third kappa shape index (κ3) is 4.09. The molecule has 12 heteroatoms. The van der Waals surface area contributed by atoms with Crippen LogP contribution in [0.3, 0.4) is 0 Å². The van der Waals surface area contributed by atoms with Crippen molar-refractivity contribution in [2.45, 2.75) is 44.8 Å². The minimum atomic E-state index is -4.73. The van der Waals surface area contributed by atoms with E-state index >= 15 is 0 Å². The van der Waals surface area contributed by atoms with Gasteiger partial charge in [0.15, 0.2) is 5.69 Å². The Labute approximate surface area is 168 Å². The molecule has 2 heterocycles. The Bertz CT molecular complexity index is 949. The average Bonchev–Trinajstić information content (AvgIpc) is 3.31. The molecule has 1 N–H and O–H groups in total. The molecule has 8 nitrogen and oxygen atoms in total. The van der Waals surface area contributed by atoms with E-state index in [4.69, 9.17) is 16.3 Å². The molecule has 1 unspecified atom stereocenters. The molecule has 2 aromatic rings. The van der Waals surface area contributed by atoms with E-state index in [1.807, 2.05) is 0 Å². The number of carbonyl (C=O) groups excluding carboxylic acids is 2. The SMILES string of the molecule is CCOC(=O)c1cnn(C)c1NC(=O)C(C)n1nc(C(F)(F)F)c(Cl)c1C1CC1. The molecule has 0 spiro atoms. The zero-order chi connectivity index (χ0) is 21.5. The molecule has 1 aliphatic carbocycles. The van der Waals surface area contributed by atoms with Gasteiger partial charge in [0.1, 0.15) is 17.4 Å². The van der Waals surface area contributed by atoms with Crippen LogP contribution in [0.2, 0.25) is 5.02 Å². The number of nitrogens with zero attached hydrogens (tertiary/aromatic N) is 4. The Morgan fingerprint density at radius 3 is 2.62 bits per heavy atom. The highest BCUT2D eigenvalue weighted by atomic mass is 35.5. The number of ether oxygens (including phenoxy) is 1. The summed E-state index contributed by atoms with van der Waals surface area (Å²) in [6, 6.07) is -1.11. The van der Waals surface area contributed by atoms with E-state index in [1.165, 1.54) is 24.9 Å². The second kappa shape index (κ2) is 7.69. The highest BCUT2D eigenvalue weighted by Gasteiger charge is 2.43. The first-order valence-corrected chi connectivity index (χ1v) is 9.29. The van der Waals surface area contributed by atoms with Crippen molar-refractivity contribution in [3.8, 4) is 0 Å². The van der Waals surface area contributed by atoms with Crippen molar-refractivity contribution in [3.05, 3.63) is 28.2 Å². The normalized spacial score (nSPS) is 15.3. The molecule has 1 atom stereocenters. The number of aryl methyl sites for hydroxylation is 1. The number of anilines is 1. The average molecular weight is 434 g/mol. The maximum atomic E-state index is 13.2. The lowest BCUT2D eigenvalue weighted by Gasteiger charge is -2.16. The maximum Gasteiger partial charge on any atom is 0.436 e. The molecular formula is C17H19ClF3N5O3. The van der Waals surface area contributed by atoms with E-state index in [0.717, 1.165) is 4.68 Å². The second-order valence-electron chi connectivity index (χ2n) is 6.68. The topological polar surface area (TPSA) is 91.0 Å². The molecule has 2 aromatic heterocycles. The number of carbonyl (C=O) groups is 2. The molecule has 29 heavy (non-hydrogen) atoms. The van der Waals surface area contributed by atoms with Crippen molar-refractivity contribution in [1.82, 2.24) is 19.6 Å². The smallest absolute Gasteiger partial charge is 0.436 e. The van der Waals surface area contributed by atoms with Gasteiger partial charge in [0, 0.05) is 13.0 Å². The van der Waals surface area contributed by atoms with Gasteiger partial charge in [-0.15, -0.1) is 0 Å². The van der Waals surface area contributed by atoms with E-state index in [1.54, 1.807) is 6.92 Å². The first-order chi connectivity index (χ1) is 13.6. The van der Waals surface area contributed by atoms with Crippen molar-refractivity contribution in [1.29, 1.82) is 0 Å². The minimum Gasteiger partial charge on any atom is -0.462 e. The third-order valence-electron chi connectivity index (χ3n) is 4.54. The highest BCUT2D eigenvalue weighted by Crippen LogP contribution is 2.47. The lowest BCUT2D eigenvalue weighted by atomic mass is 10.2. The van der Waals surface area contributed by atoms with Crippen molar-refractivity contribution in [3.63, 3.8) is 0 Å². The minimum absolute atomic E-state index is 0.0341. The summed E-state index contributed by atoms with van der Waals surface area (Å²) in [6.45, 7) is 3.17. The van der Waals surface area contributed by atoms with Crippen LogP contribution in [0.1, 0.15) is 60.4 Å². The van der Waals surface area contributed by atoms with E-state index in [2.05, 4.69) is 15.5 Å². The fraction of sp³-hybridized carbons (Fsp3) is 0.529. The van der Waals surface area contributed by atoms with Crippen LogP contribution < -0.4 is 5.32 Å². The van der Waals surface area contributed by atoms with Crippen LogP contribution in [0.4, 0.5) is 19.0 Å². The van der Waals surface area contributed by atoms with Crippen LogP contribution in [0, 0.1) is 0 Å². The monoisotopic (exact) mass is 433 g/mol. The molecule has 0 radical (unpaired) electrons. The van der Waals surface area contributed by atoms with Gasteiger partial charge < -0.3 is 10.1 Å². The number of hydrogen-bond donors (Lipinski definition) is 1. The third-order valence-corrected chi connectivity index (χ3v) is 4.91. The molecular weight excluding hydrogens is 415 g/mol. The number of esters is 1. The van der Waals surface area contributed by atoms with Crippen LogP contribution in [-0.2, 0) is 22.8 Å². The van der Waals surface area contributed by atoms with E-state index < -0.39 is 34.8 Å². The molecule has 1 fully saturated rings. The van der Waals surface area contributed by atoms with Gasteiger partial charge in [0.25, 0.3) is 0 Å². The molecule has 0 aromatic carbocycles. The van der Waals surface area contributed by atoms with Gasteiger partial charge in [-0.1, -0.05) is 11.6 Å². The number of alkyl halides is 3. The van der Waals surface area contributed by atoms with E-state index in [-0.39, 0.29) is 29.6 Å². The number of rotatable bonds is 6. The van der Waals surface area contributed by atoms with Crippen molar-refractivity contribution in [2.24, 2.45) is 7.05 Å². The van der Waals surface area contributed by atoms with Gasteiger partial charge in [-0.3, -0.25) is 14.2 Å². The van der Waals surface area contributed by atoms with Gasteiger partial charge in [-0.25, -0.2) is 4.79 Å². The van der Waals surface area contributed by atoms with Crippen LogP contribution in [0.15, 0.2) is 6.20 Å². The lowest BCUT2D eigenvalue weighted by Crippen LogP contribution is -2.27. The molecule has 0 saturated heterocycles. The molecule has 3 rings (SSSR count). The zero-order valence-corrected chi connectivity index (χ0v) is 16.6. The summed E-state index contributed by atoms with van der Waals surface area (Å²) >= 11 is 5.96.